The van der Waals surface area contributed by atoms with Crippen LogP contribution in [-0.4, -0.2) is 16.5 Å². The van der Waals surface area contributed by atoms with Crippen molar-refractivity contribution < 1.29 is 0 Å². The minimum Gasteiger partial charge on any atom is -0.318 e. The Kier molecular flexibility index (Phi) is 2.38. The molecule has 1 aromatic rings. The van der Waals surface area contributed by atoms with E-state index >= 15 is 0 Å². The lowest BCUT2D eigenvalue weighted by molar-refractivity contribution is 0.540. The van der Waals surface area contributed by atoms with Gasteiger partial charge in [-0.05, 0) is 13.3 Å². The number of aromatic nitrogens is 1. The summed E-state index contributed by atoms with van der Waals surface area (Å²) in [6.45, 7) is 4.28. The van der Waals surface area contributed by atoms with Gasteiger partial charge in [0.15, 0.2) is 0 Å². The molecule has 1 aliphatic heterocycles. The lowest BCUT2D eigenvalue weighted by Gasteiger charge is -2.35. The molecule has 1 aliphatic rings. The van der Waals surface area contributed by atoms with Gasteiger partial charge in [-0.25, -0.2) is 4.98 Å². The summed E-state index contributed by atoms with van der Waals surface area (Å²) in [5, 5.41) is 1.14. The quantitative estimate of drug-likeness (QED) is 0.817. The van der Waals surface area contributed by atoms with Crippen LogP contribution >= 0.6 is 23.1 Å². The first kappa shape index (κ1) is 9.49. The molecule has 0 radical (unpaired) electrons. The normalized spacial score (nSPS) is 19.9. The van der Waals surface area contributed by atoms with E-state index in [1.807, 2.05) is 11.8 Å². The molecule has 0 bridgehead atoms. The third-order valence-corrected chi connectivity index (χ3v) is 5.04. The maximum absolute atomic E-state index is 6.19. The van der Waals surface area contributed by atoms with Gasteiger partial charge < -0.3 is 5.73 Å². The monoisotopic (exact) mass is 214 g/mol. The number of nitrogens with zero attached hydrogens (tertiary/aromatic N) is 1. The highest BCUT2D eigenvalue weighted by Gasteiger charge is 2.38. The fourth-order valence-electron chi connectivity index (χ4n) is 1.41. The van der Waals surface area contributed by atoms with E-state index in [1.165, 1.54) is 10.6 Å². The molecule has 0 spiro atoms. The highest BCUT2D eigenvalue weighted by atomic mass is 32.2. The van der Waals surface area contributed by atoms with Crippen molar-refractivity contribution in [2.24, 2.45) is 5.73 Å². The van der Waals surface area contributed by atoms with Gasteiger partial charge >= 0.3 is 0 Å². The molecule has 0 aliphatic carbocycles. The van der Waals surface area contributed by atoms with Crippen LogP contribution in [0.25, 0.3) is 0 Å². The highest BCUT2D eigenvalue weighted by Crippen LogP contribution is 2.38. The van der Waals surface area contributed by atoms with Crippen LogP contribution in [0.5, 0.6) is 0 Å². The first-order valence-corrected chi connectivity index (χ1v) is 6.46. The Hall–Kier alpha value is -0.0600. The standard InChI is InChI=1S/C9H14N2S2/c1-3-7-6(2)13-8(11-7)9(10)4-12-5-9/h3-5,10H2,1-2H3. The fourth-order valence-corrected chi connectivity index (χ4v) is 3.62. The van der Waals surface area contributed by atoms with Gasteiger partial charge in [-0.2, -0.15) is 11.8 Å². The highest BCUT2D eigenvalue weighted by molar-refractivity contribution is 8.00. The molecule has 72 valence electrons. The van der Waals surface area contributed by atoms with Gasteiger partial charge in [0.05, 0.1) is 11.2 Å². The average Bonchev–Trinajstić information content (AvgIpc) is 2.43. The van der Waals surface area contributed by atoms with Crippen molar-refractivity contribution >= 4 is 23.1 Å². The van der Waals surface area contributed by atoms with E-state index in [0.717, 1.165) is 22.9 Å². The van der Waals surface area contributed by atoms with Crippen LogP contribution in [0.2, 0.25) is 0 Å². The number of thioether (sulfide) groups is 1. The van der Waals surface area contributed by atoms with E-state index in [0.29, 0.717) is 0 Å². The van der Waals surface area contributed by atoms with Crippen molar-refractivity contribution in [3.8, 4) is 0 Å². The second-order valence-corrected chi connectivity index (χ2v) is 5.71. The van der Waals surface area contributed by atoms with Crippen LogP contribution in [-0.2, 0) is 12.0 Å². The lowest BCUT2D eigenvalue weighted by Crippen LogP contribution is -2.48. The van der Waals surface area contributed by atoms with Crippen LogP contribution in [0.4, 0.5) is 0 Å². The maximum Gasteiger partial charge on any atom is 0.115 e. The predicted molar refractivity (Wildman–Crippen MR) is 59.4 cm³/mol. The Bertz CT molecular complexity index is 315. The topological polar surface area (TPSA) is 38.9 Å². The average molecular weight is 214 g/mol. The molecule has 2 N–H and O–H groups in total. The molecule has 0 amide bonds. The Morgan fingerprint density at radius 2 is 2.23 bits per heavy atom. The maximum atomic E-state index is 6.19. The van der Waals surface area contributed by atoms with Gasteiger partial charge in [-0.1, -0.05) is 6.92 Å². The van der Waals surface area contributed by atoms with Crippen molar-refractivity contribution in [3.05, 3.63) is 15.6 Å². The second-order valence-electron chi connectivity index (χ2n) is 3.52. The molecule has 2 rings (SSSR count). The molecule has 2 nitrogen and oxygen atoms in total. The van der Waals surface area contributed by atoms with Gasteiger partial charge in [-0.3, -0.25) is 0 Å². The Morgan fingerprint density at radius 3 is 2.62 bits per heavy atom. The number of nitrogens with two attached hydrogens (primary N) is 1. The zero-order valence-electron chi connectivity index (χ0n) is 7.96. The van der Waals surface area contributed by atoms with Gasteiger partial charge in [0.2, 0.25) is 0 Å². The third kappa shape index (κ3) is 1.51. The smallest absolute Gasteiger partial charge is 0.115 e. The summed E-state index contributed by atoms with van der Waals surface area (Å²) in [4.78, 5) is 5.93. The van der Waals surface area contributed by atoms with E-state index < -0.39 is 0 Å². The van der Waals surface area contributed by atoms with Crippen LogP contribution in [0.1, 0.15) is 22.5 Å². The number of aryl methyl sites for hydroxylation is 2. The van der Waals surface area contributed by atoms with Crippen LogP contribution in [0.3, 0.4) is 0 Å². The van der Waals surface area contributed by atoms with Crippen LogP contribution < -0.4 is 5.73 Å². The molecule has 0 aromatic carbocycles. The summed E-state index contributed by atoms with van der Waals surface area (Å²) in [7, 11) is 0. The van der Waals surface area contributed by atoms with E-state index in [9.17, 15) is 0 Å². The lowest BCUT2D eigenvalue weighted by atomic mass is 10.1. The number of rotatable bonds is 2. The molecule has 4 heteroatoms. The van der Waals surface area contributed by atoms with E-state index in [-0.39, 0.29) is 5.54 Å². The molecular formula is C9H14N2S2. The molecular weight excluding hydrogens is 200 g/mol. The first-order chi connectivity index (χ1) is 6.15. The Morgan fingerprint density at radius 1 is 1.54 bits per heavy atom. The number of thiazole rings is 1. The number of hydrogen-bond donors (Lipinski definition) is 1. The van der Waals surface area contributed by atoms with Crippen LogP contribution in [0.15, 0.2) is 0 Å². The summed E-state index contributed by atoms with van der Waals surface area (Å²) < 4.78 is 0. The molecule has 1 saturated heterocycles. The summed E-state index contributed by atoms with van der Waals surface area (Å²) >= 11 is 3.68. The molecule has 13 heavy (non-hydrogen) atoms. The van der Waals surface area contributed by atoms with E-state index in [1.54, 1.807) is 11.3 Å². The Labute approximate surface area is 86.9 Å². The zero-order chi connectivity index (χ0) is 9.47. The largest absolute Gasteiger partial charge is 0.318 e. The van der Waals surface area contributed by atoms with E-state index in [4.69, 9.17) is 5.73 Å². The Balaban J connectivity index is 2.30. The first-order valence-electron chi connectivity index (χ1n) is 4.49. The summed E-state index contributed by atoms with van der Waals surface area (Å²) in [5.74, 6) is 2.06. The van der Waals surface area contributed by atoms with Crippen molar-refractivity contribution in [2.45, 2.75) is 25.8 Å². The van der Waals surface area contributed by atoms with E-state index in [2.05, 4.69) is 18.8 Å². The molecule has 2 heterocycles. The minimum absolute atomic E-state index is 0.104. The number of hydrogen-bond acceptors (Lipinski definition) is 4. The molecule has 0 saturated carbocycles. The molecule has 1 fully saturated rings. The third-order valence-electron chi connectivity index (χ3n) is 2.37. The van der Waals surface area contributed by atoms with Gasteiger partial charge in [0.1, 0.15) is 5.01 Å². The predicted octanol–water partition coefficient (Wildman–Crippen LogP) is 1.91. The van der Waals surface area contributed by atoms with Crippen molar-refractivity contribution in [2.75, 3.05) is 11.5 Å². The van der Waals surface area contributed by atoms with Crippen molar-refractivity contribution in [3.63, 3.8) is 0 Å². The second kappa shape index (κ2) is 3.26. The fraction of sp³-hybridized carbons (Fsp3) is 0.667. The summed E-state index contributed by atoms with van der Waals surface area (Å²) in [6, 6.07) is 0. The van der Waals surface area contributed by atoms with Crippen LogP contribution in [0, 0.1) is 6.92 Å². The minimum atomic E-state index is -0.104. The molecule has 0 unspecified atom stereocenters. The summed E-state index contributed by atoms with van der Waals surface area (Å²) in [5.41, 5.74) is 7.31. The van der Waals surface area contributed by atoms with Gasteiger partial charge in [0.25, 0.3) is 0 Å². The zero-order valence-corrected chi connectivity index (χ0v) is 9.60. The van der Waals surface area contributed by atoms with Gasteiger partial charge in [0, 0.05) is 16.4 Å². The van der Waals surface area contributed by atoms with Crippen molar-refractivity contribution in [1.29, 1.82) is 0 Å². The van der Waals surface area contributed by atoms with Crippen molar-refractivity contribution in [1.82, 2.24) is 4.98 Å². The SMILES string of the molecule is CCc1nc(C2(N)CSC2)sc1C. The molecule has 1 aromatic heterocycles. The molecule has 0 atom stereocenters. The van der Waals surface area contributed by atoms with Gasteiger partial charge in [-0.15, -0.1) is 11.3 Å². The summed E-state index contributed by atoms with van der Waals surface area (Å²) in [6.07, 6.45) is 1.02.